The third-order valence-corrected chi connectivity index (χ3v) is 6.56. The molecule has 10 heteroatoms. The molecule has 0 bridgehead atoms. The van der Waals surface area contributed by atoms with Gasteiger partial charge >= 0.3 is 0 Å². The van der Waals surface area contributed by atoms with Crippen LogP contribution in [0.25, 0.3) is 0 Å². The van der Waals surface area contributed by atoms with Crippen LogP contribution in [0.3, 0.4) is 0 Å². The second-order valence-corrected chi connectivity index (χ2v) is 9.37. The Morgan fingerprint density at radius 1 is 1.40 bits per heavy atom. The van der Waals surface area contributed by atoms with Crippen LogP contribution in [-0.4, -0.2) is 41.8 Å². The van der Waals surface area contributed by atoms with E-state index in [9.17, 15) is 13.2 Å². The summed E-state index contributed by atoms with van der Waals surface area (Å²) in [7, 11) is -2.92. The lowest BCUT2D eigenvalue weighted by atomic mass is 10.1. The van der Waals surface area contributed by atoms with Crippen molar-refractivity contribution in [2.24, 2.45) is 5.92 Å². The van der Waals surface area contributed by atoms with Gasteiger partial charge in [-0.2, -0.15) is 0 Å². The Bertz CT molecular complexity index is 869. The Balaban J connectivity index is 1.47. The molecule has 1 fully saturated rings. The van der Waals surface area contributed by atoms with E-state index in [1.807, 2.05) is 0 Å². The number of benzene rings is 1. The van der Waals surface area contributed by atoms with Gasteiger partial charge in [-0.3, -0.25) is 4.79 Å². The lowest BCUT2D eigenvalue weighted by Gasteiger charge is -2.04. The van der Waals surface area contributed by atoms with E-state index < -0.39 is 9.84 Å². The summed E-state index contributed by atoms with van der Waals surface area (Å²) in [5, 5.41) is 11.4. The Morgan fingerprint density at radius 3 is 2.96 bits per heavy atom. The fourth-order valence-electron chi connectivity index (χ4n) is 2.55. The molecule has 1 saturated heterocycles. The molecule has 2 aromatic rings. The van der Waals surface area contributed by atoms with Crippen LogP contribution in [0.1, 0.15) is 12.3 Å². The minimum atomic E-state index is -2.92. The van der Waals surface area contributed by atoms with Gasteiger partial charge in [-0.05, 0) is 30.5 Å². The molecular formula is C15H16ClN3O4S2. The summed E-state index contributed by atoms with van der Waals surface area (Å²) in [6.45, 7) is 0. The van der Waals surface area contributed by atoms with Gasteiger partial charge in [0.15, 0.2) is 9.84 Å². The van der Waals surface area contributed by atoms with E-state index in [1.54, 1.807) is 24.3 Å². The standard InChI is InChI=1S/C15H16ClN3O4S2/c16-11-2-1-3-12(7-11)17-13(20)8-24-15-19-18-14(23-15)6-10-4-5-25(21,22)9-10/h1-3,7,10H,4-6,8-9H2,(H,17,20)/t10-/m0/s1. The van der Waals surface area contributed by atoms with E-state index in [0.29, 0.717) is 29.4 Å². The average molecular weight is 402 g/mol. The van der Waals surface area contributed by atoms with Gasteiger partial charge < -0.3 is 9.73 Å². The molecule has 1 N–H and O–H groups in total. The van der Waals surface area contributed by atoms with E-state index in [-0.39, 0.29) is 34.3 Å². The normalized spacial score (nSPS) is 19.0. The number of hydrogen-bond donors (Lipinski definition) is 1. The molecule has 0 spiro atoms. The number of carbonyl (C=O) groups is 1. The third-order valence-electron chi connectivity index (χ3n) is 3.67. The highest BCUT2D eigenvalue weighted by molar-refractivity contribution is 7.99. The van der Waals surface area contributed by atoms with Crippen LogP contribution in [0.5, 0.6) is 0 Å². The topological polar surface area (TPSA) is 102 Å². The van der Waals surface area contributed by atoms with E-state index in [4.69, 9.17) is 16.0 Å². The molecule has 7 nitrogen and oxygen atoms in total. The van der Waals surface area contributed by atoms with E-state index in [2.05, 4.69) is 15.5 Å². The van der Waals surface area contributed by atoms with Gasteiger partial charge in [0.25, 0.3) is 5.22 Å². The molecule has 1 amide bonds. The summed E-state index contributed by atoms with van der Waals surface area (Å²) in [5.41, 5.74) is 0.617. The summed E-state index contributed by atoms with van der Waals surface area (Å²) in [5.74, 6) is 0.714. The van der Waals surface area contributed by atoms with Crippen molar-refractivity contribution in [2.75, 3.05) is 22.6 Å². The van der Waals surface area contributed by atoms with Crippen LogP contribution in [-0.2, 0) is 21.1 Å². The number of thioether (sulfide) groups is 1. The zero-order valence-electron chi connectivity index (χ0n) is 13.1. The van der Waals surface area contributed by atoms with Crippen LogP contribution >= 0.6 is 23.4 Å². The summed E-state index contributed by atoms with van der Waals surface area (Å²) < 4.78 is 28.4. The zero-order chi connectivity index (χ0) is 17.9. The minimum Gasteiger partial charge on any atom is -0.416 e. The summed E-state index contributed by atoms with van der Waals surface area (Å²) in [6.07, 6.45) is 1.07. The van der Waals surface area contributed by atoms with Gasteiger partial charge in [0.1, 0.15) is 0 Å². The Labute approximate surface area is 154 Å². The van der Waals surface area contributed by atoms with Gasteiger partial charge in [-0.1, -0.05) is 29.4 Å². The van der Waals surface area contributed by atoms with Crippen LogP contribution < -0.4 is 5.32 Å². The number of sulfone groups is 1. The van der Waals surface area contributed by atoms with Gasteiger partial charge in [-0.25, -0.2) is 8.42 Å². The van der Waals surface area contributed by atoms with Crippen molar-refractivity contribution in [1.82, 2.24) is 10.2 Å². The molecule has 134 valence electrons. The highest BCUT2D eigenvalue weighted by Crippen LogP contribution is 2.24. The first-order valence-corrected chi connectivity index (χ1v) is 10.8. The number of amides is 1. The number of nitrogens with zero attached hydrogens (tertiary/aromatic N) is 2. The molecular weight excluding hydrogens is 386 g/mol. The fourth-order valence-corrected chi connectivity index (χ4v) is 5.18. The van der Waals surface area contributed by atoms with Crippen molar-refractivity contribution < 1.29 is 17.6 Å². The van der Waals surface area contributed by atoms with Crippen LogP contribution in [0, 0.1) is 5.92 Å². The summed E-state index contributed by atoms with van der Waals surface area (Å²) >= 11 is 6.99. The quantitative estimate of drug-likeness (QED) is 0.741. The average Bonchev–Trinajstić information content (AvgIpc) is 3.12. The van der Waals surface area contributed by atoms with E-state index in [1.165, 1.54) is 0 Å². The first-order chi connectivity index (χ1) is 11.9. The molecule has 1 atom stereocenters. The number of anilines is 1. The zero-order valence-corrected chi connectivity index (χ0v) is 15.5. The van der Waals surface area contributed by atoms with Gasteiger partial charge in [-0.15, -0.1) is 10.2 Å². The van der Waals surface area contributed by atoms with Gasteiger partial charge in [0.05, 0.1) is 17.3 Å². The number of hydrogen-bond acceptors (Lipinski definition) is 7. The Morgan fingerprint density at radius 2 is 2.24 bits per heavy atom. The minimum absolute atomic E-state index is 0.0226. The molecule has 0 aliphatic carbocycles. The van der Waals surface area contributed by atoms with Crippen molar-refractivity contribution in [2.45, 2.75) is 18.1 Å². The second kappa shape index (κ2) is 7.76. The number of nitrogens with one attached hydrogen (secondary N) is 1. The van der Waals surface area contributed by atoms with Gasteiger partial charge in [0.2, 0.25) is 11.8 Å². The molecule has 1 aromatic carbocycles. The summed E-state index contributed by atoms with van der Waals surface area (Å²) in [4.78, 5) is 11.9. The van der Waals surface area contributed by atoms with E-state index in [0.717, 1.165) is 11.8 Å². The van der Waals surface area contributed by atoms with Crippen molar-refractivity contribution in [3.05, 3.63) is 35.2 Å². The Kier molecular flexibility index (Phi) is 5.65. The predicted molar refractivity (Wildman–Crippen MR) is 95.6 cm³/mol. The predicted octanol–water partition coefficient (Wildman–Crippen LogP) is 2.43. The SMILES string of the molecule is O=C(CSc1nnc(C[C@@H]2CCS(=O)(=O)C2)o1)Nc1cccc(Cl)c1. The molecule has 2 heterocycles. The first kappa shape index (κ1) is 18.2. The van der Waals surface area contributed by atoms with E-state index >= 15 is 0 Å². The largest absolute Gasteiger partial charge is 0.416 e. The highest BCUT2D eigenvalue weighted by atomic mass is 35.5. The monoisotopic (exact) mass is 401 g/mol. The fraction of sp³-hybridized carbons (Fsp3) is 0.400. The number of rotatable bonds is 6. The first-order valence-electron chi connectivity index (χ1n) is 7.61. The maximum atomic E-state index is 11.9. The highest BCUT2D eigenvalue weighted by Gasteiger charge is 2.29. The van der Waals surface area contributed by atoms with Gasteiger partial charge in [0, 0.05) is 17.1 Å². The number of carbonyl (C=O) groups excluding carboxylic acids is 1. The number of aromatic nitrogens is 2. The maximum absolute atomic E-state index is 11.9. The van der Waals surface area contributed by atoms with Crippen LogP contribution in [0.2, 0.25) is 5.02 Å². The molecule has 0 saturated carbocycles. The molecule has 1 aliphatic rings. The lowest BCUT2D eigenvalue weighted by molar-refractivity contribution is -0.113. The molecule has 0 unspecified atom stereocenters. The molecule has 1 aliphatic heterocycles. The van der Waals surface area contributed by atoms with Crippen molar-refractivity contribution >= 4 is 44.8 Å². The second-order valence-electron chi connectivity index (χ2n) is 5.78. The van der Waals surface area contributed by atoms with Crippen molar-refractivity contribution in [3.8, 4) is 0 Å². The summed E-state index contributed by atoms with van der Waals surface area (Å²) in [6, 6.07) is 6.87. The molecule has 3 rings (SSSR count). The molecule has 1 aromatic heterocycles. The van der Waals surface area contributed by atoms with Crippen LogP contribution in [0.15, 0.2) is 33.9 Å². The number of halogens is 1. The molecule has 0 radical (unpaired) electrons. The third kappa shape index (κ3) is 5.45. The molecule has 25 heavy (non-hydrogen) atoms. The van der Waals surface area contributed by atoms with Crippen molar-refractivity contribution in [3.63, 3.8) is 0 Å². The Hall–Kier alpha value is -1.58. The van der Waals surface area contributed by atoms with Crippen molar-refractivity contribution in [1.29, 1.82) is 0 Å². The maximum Gasteiger partial charge on any atom is 0.277 e. The lowest BCUT2D eigenvalue weighted by Crippen LogP contribution is -2.13. The smallest absolute Gasteiger partial charge is 0.277 e. The van der Waals surface area contributed by atoms with Crippen LogP contribution in [0.4, 0.5) is 5.69 Å².